The second-order valence-electron chi connectivity index (χ2n) is 2.77. The number of hydrogen-bond acceptors (Lipinski definition) is 3. The summed E-state index contributed by atoms with van der Waals surface area (Å²) in [5.74, 6) is 0.476. The molecule has 0 radical (unpaired) electrons. The van der Waals surface area contributed by atoms with Crippen molar-refractivity contribution in [1.82, 2.24) is 0 Å². The van der Waals surface area contributed by atoms with Crippen molar-refractivity contribution in [2.24, 2.45) is 0 Å². The van der Waals surface area contributed by atoms with E-state index >= 15 is 0 Å². The van der Waals surface area contributed by atoms with E-state index in [9.17, 15) is 4.79 Å². The lowest BCUT2D eigenvalue weighted by Gasteiger charge is -2.16. The molecule has 0 saturated carbocycles. The van der Waals surface area contributed by atoms with Crippen LogP contribution in [-0.4, -0.2) is 25.4 Å². The van der Waals surface area contributed by atoms with Crippen molar-refractivity contribution >= 4 is 17.5 Å². The summed E-state index contributed by atoms with van der Waals surface area (Å²) in [7, 11) is 2.91. The molecule has 0 heterocycles. The smallest absolute Gasteiger partial charge is 0.411 e. The van der Waals surface area contributed by atoms with Crippen molar-refractivity contribution in [3.63, 3.8) is 0 Å². The van der Waals surface area contributed by atoms with E-state index in [1.54, 1.807) is 18.2 Å². The fourth-order valence-corrected chi connectivity index (χ4v) is 1.07. The van der Waals surface area contributed by atoms with Gasteiger partial charge in [0.05, 0.1) is 12.8 Å². The Labute approximate surface area is 81.7 Å². The highest BCUT2D eigenvalue weighted by Crippen LogP contribution is 2.29. The third kappa shape index (κ3) is 1.87. The first kappa shape index (κ1) is 10.2. The molecule has 0 aliphatic heterocycles. The number of nitrogens with two attached hydrogens (primary N) is 1. The van der Waals surface area contributed by atoms with Crippen LogP contribution >= 0.6 is 0 Å². The van der Waals surface area contributed by atoms with E-state index in [1.165, 1.54) is 14.2 Å². The van der Waals surface area contributed by atoms with Crippen LogP contribution in [0, 0.1) is 0 Å². The fourth-order valence-electron chi connectivity index (χ4n) is 1.07. The van der Waals surface area contributed by atoms with Crippen LogP contribution < -0.4 is 15.4 Å². The molecule has 5 heteroatoms. The van der Waals surface area contributed by atoms with Crippen LogP contribution in [0.1, 0.15) is 0 Å². The molecule has 0 atom stereocenters. The van der Waals surface area contributed by atoms with Crippen LogP contribution in [0.15, 0.2) is 18.2 Å². The van der Waals surface area contributed by atoms with Gasteiger partial charge in [-0.2, -0.15) is 0 Å². The normalized spacial score (nSPS) is 9.57. The zero-order valence-electron chi connectivity index (χ0n) is 8.02. The Morgan fingerprint density at radius 1 is 1.57 bits per heavy atom. The number of carbonyl (C=O) groups is 1. The van der Waals surface area contributed by atoms with Crippen molar-refractivity contribution in [2.45, 2.75) is 0 Å². The van der Waals surface area contributed by atoms with E-state index in [4.69, 9.17) is 15.6 Å². The Bertz CT molecular complexity index is 352. The minimum absolute atomic E-state index is 0.431. The van der Waals surface area contributed by atoms with E-state index < -0.39 is 6.09 Å². The molecule has 1 aromatic rings. The Balaban J connectivity index is 3.16. The Kier molecular flexibility index (Phi) is 2.81. The van der Waals surface area contributed by atoms with E-state index in [1.807, 2.05) is 0 Å². The highest BCUT2D eigenvalue weighted by Gasteiger charge is 2.13. The summed E-state index contributed by atoms with van der Waals surface area (Å²) >= 11 is 0. The average Bonchev–Trinajstić information content (AvgIpc) is 2.16. The lowest BCUT2D eigenvalue weighted by molar-refractivity contribution is 0.203. The number of carboxylic acid groups (broad SMARTS) is 1. The number of methoxy groups -OCH3 is 1. The number of ether oxygens (including phenoxy) is 1. The summed E-state index contributed by atoms with van der Waals surface area (Å²) < 4.78 is 5.01. The van der Waals surface area contributed by atoms with Gasteiger partial charge in [-0.1, -0.05) is 0 Å². The molecule has 0 fully saturated rings. The molecule has 0 aromatic heterocycles. The second kappa shape index (κ2) is 3.87. The maximum Gasteiger partial charge on any atom is 0.411 e. The maximum atomic E-state index is 10.7. The molecule has 0 unspecified atom stereocenters. The van der Waals surface area contributed by atoms with Gasteiger partial charge in [-0.15, -0.1) is 0 Å². The molecule has 1 amide bonds. The monoisotopic (exact) mass is 196 g/mol. The molecule has 0 spiro atoms. The third-order valence-corrected chi connectivity index (χ3v) is 1.85. The first-order valence-corrected chi connectivity index (χ1v) is 3.96. The van der Waals surface area contributed by atoms with Gasteiger partial charge in [-0.05, 0) is 18.2 Å². The van der Waals surface area contributed by atoms with Crippen molar-refractivity contribution in [1.29, 1.82) is 0 Å². The van der Waals surface area contributed by atoms with Crippen LogP contribution in [0.5, 0.6) is 5.75 Å². The molecule has 0 bridgehead atoms. The summed E-state index contributed by atoms with van der Waals surface area (Å²) in [4.78, 5) is 11.8. The Morgan fingerprint density at radius 3 is 2.71 bits per heavy atom. The molecule has 14 heavy (non-hydrogen) atoms. The summed E-state index contributed by atoms with van der Waals surface area (Å²) in [6, 6.07) is 4.83. The number of amides is 1. The molecule has 1 rings (SSSR count). The third-order valence-electron chi connectivity index (χ3n) is 1.85. The van der Waals surface area contributed by atoms with Gasteiger partial charge in [0, 0.05) is 12.7 Å². The maximum absolute atomic E-state index is 10.7. The van der Waals surface area contributed by atoms with Crippen LogP contribution in [0.4, 0.5) is 16.2 Å². The quantitative estimate of drug-likeness (QED) is 0.701. The summed E-state index contributed by atoms with van der Waals surface area (Å²) in [5, 5.41) is 8.78. The van der Waals surface area contributed by atoms with Crippen LogP contribution in [0.25, 0.3) is 0 Å². The highest BCUT2D eigenvalue weighted by molar-refractivity contribution is 5.88. The van der Waals surface area contributed by atoms with Gasteiger partial charge in [0.25, 0.3) is 0 Å². The molecular formula is C9H12N2O3. The summed E-state index contributed by atoms with van der Waals surface area (Å²) in [5.41, 5.74) is 6.47. The van der Waals surface area contributed by atoms with Gasteiger partial charge < -0.3 is 15.6 Å². The van der Waals surface area contributed by atoms with Crippen LogP contribution in [0.2, 0.25) is 0 Å². The first-order chi connectivity index (χ1) is 6.56. The van der Waals surface area contributed by atoms with Gasteiger partial charge in [0.2, 0.25) is 0 Å². The number of rotatable bonds is 2. The predicted molar refractivity (Wildman–Crippen MR) is 53.8 cm³/mol. The van der Waals surface area contributed by atoms with E-state index in [0.717, 1.165) is 4.90 Å². The number of benzene rings is 1. The van der Waals surface area contributed by atoms with Crippen molar-refractivity contribution in [2.75, 3.05) is 24.8 Å². The topological polar surface area (TPSA) is 75.8 Å². The van der Waals surface area contributed by atoms with Crippen molar-refractivity contribution < 1.29 is 14.6 Å². The van der Waals surface area contributed by atoms with Gasteiger partial charge in [0.1, 0.15) is 5.75 Å². The van der Waals surface area contributed by atoms with Crippen molar-refractivity contribution in [3.05, 3.63) is 18.2 Å². The standard InChI is InChI=1S/C9H12N2O3/c1-11(9(12)13)7-5-6(10)3-4-8(7)14-2/h3-5H,10H2,1-2H3,(H,12,13). The Morgan fingerprint density at radius 2 is 2.21 bits per heavy atom. The highest BCUT2D eigenvalue weighted by atomic mass is 16.5. The molecule has 0 aliphatic rings. The first-order valence-electron chi connectivity index (χ1n) is 3.96. The molecule has 76 valence electrons. The van der Waals surface area contributed by atoms with Gasteiger partial charge in [-0.25, -0.2) is 4.79 Å². The van der Waals surface area contributed by atoms with Gasteiger partial charge >= 0.3 is 6.09 Å². The lowest BCUT2D eigenvalue weighted by atomic mass is 10.2. The second-order valence-corrected chi connectivity index (χ2v) is 2.77. The summed E-state index contributed by atoms with van der Waals surface area (Å²) in [6.07, 6.45) is -1.06. The molecule has 0 saturated heterocycles. The number of nitrogens with zero attached hydrogens (tertiary/aromatic N) is 1. The van der Waals surface area contributed by atoms with Gasteiger partial charge in [-0.3, -0.25) is 4.90 Å². The van der Waals surface area contributed by atoms with Crippen LogP contribution in [-0.2, 0) is 0 Å². The number of anilines is 2. The lowest BCUT2D eigenvalue weighted by Crippen LogP contribution is -2.24. The van der Waals surface area contributed by atoms with E-state index in [0.29, 0.717) is 17.1 Å². The summed E-state index contributed by atoms with van der Waals surface area (Å²) in [6.45, 7) is 0. The fraction of sp³-hybridized carbons (Fsp3) is 0.222. The van der Waals surface area contributed by atoms with Crippen molar-refractivity contribution in [3.8, 4) is 5.75 Å². The minimum atomic E-state index is -1.06. The zero-order chi connectivity index (χ0) is 10.7. The average molecular weight is 196 g/mol. The van der Waals surface area contributed by atoms with Crippen LogP contribution in [0.3, 0.4) is 0 Å². The van der Waals surface area contributed by atoms with E-state index in [2.05, 4.69) is 0 Å². The SMILES string of the molecule is COc1ccc(N)cc1N(C)C(=O)O. The number of nitrogen functional groups attached to an aromatic ring is 1. The molecular weight excluding hydrogens is 184 g/mol. The largest absolute Gasteiger partial charge is 0.495 e. The minimum Gasteiger partial charge on any atom is -0.495 e. The Hall–Kier alpha value is -1.91. The molecule has 5 nitrogen and oxygen atoms in total. The molecule has 0 aliphatic carbocycles. The van der Waals surface area contributed by atoms with E-state index in [-0.39, 0.29) is 0 Å². The molecule has 3 N–H and O–H groups in total. The number of hydrogen-bond donors (Lipinski definition) is 2. The predicted octanol–water partition coefficient (Wildman–Crippen LogP) is 1.39. The van der Waals surface area contributed by atoms with Gasteiger partial charge in [0.15, 0.2) is 0 Å². The zero-order valence-corrected chi connectivity index (χ0v) is 8.02. The molecule has 1 aromatic carbocycles.